The van der Waals surface area contributed by atoms with Gasteiger partial charge in [0.15, 0.2) is 10.7 Å². The minimum atomic E-state index is -0.756. The summed E-state index contributed by atoms with van der Waals surface area (Å²) < 4.78 is 5.78. The van der Waals surface area contributed by atoms with Crippen LogP contribution in [0.5, 0.6) is 0 Å². The van der Waals surface area contributed by atoms with Crippen LogP contribution in [0.3, 0.4) is 0 Å². The van der Waals surface area contributed by atoms with E-state index in [2.05, 4.69) is 28.6 Å². The van der Waals surface area contributed by atoms with Gasteiger partial charge in [-0.15, -0.1) is 11.3 Å². The molecular formula is C16H28N4O2S. The average Bonchev–Trinajstić information content (AvgIpc) is 2.96. The number of amides is 1. The molecule has 1 saturated heterocycles. The highest BCUT2D eigenvalue weighted by Gasteiger charge is 2.40. The minimum absolute atomic E-state index is 0.0235. The molecule has 0 saturated carbocycles. The quantitative estimate of drug-likeness (QED) is 0.788. The molecule has 23 heavy (non-hydrogen) atoms. The predicted molar refractivity (Wildman–Crippen MR) is 94.0 cm³/mol. The second kappa shape index (κ2) is 7.59. The summed E-state index contributed by atoms with van der Waals surface area (Å²) in [5.41, 5.74) is -0.756. The molecule has 0 radical (unpaired) electrons. The van der Waals surface area contributed by atoms with E-state index in [1.54, 1.807) is 30.3 Å². The lowest BCUT2D eigenvalue weighted by atomic mass is 10.0. The van der Waals surface area contributed by atoms with E-state index in [4.69, 9.17) is 4.74 Å². The van der Waals surface area contributed by atoms with E-state index in [1.165, 1.54) is 4.88 Å². The third-order valence-electron chi connectivity index (χ3n) is 4.17. The zero-order chi connectivity index (χ0) is 17.0. The standard InChI is InChI=1S/C16H28N4O2S/c1-6-20(7-2)15-17-10-13(23-15)11-19-8-9-22-16(3,12-19)14(21)18(4)5/h10H,6-9,11-12H2,1-5H3. The Labute approximate surface area is 143 Å². The number of rotatable bonds is 6. The number of morpholine rings is 1. The number of aromatic nitrogens is 1. The van der Waals surface area contributed by atoms with E-state index in [0.717, 1.165) is 31.3 Å². The van der Waals surface area contributed by atoms with Gasteiger partial charge in [-0.2, -0.15) is 0 Å². The van der Waals surface area contributed by atoms with Crippen molar-refractivity contribution in [1.82, 2.24) is 14.8 Å². The lowest BCUT2D eigenvalue weighted by Crippen LogP contribution is -2.57. The topological polar surface area (TPSA) is 48.9 Å². The number of carbonyl (C=O) groups excluding carboxylic acids is 1. The Morgan fingerprint density at radius 2 is 2.13 bits per heavy atom. The number of thiazole rings is 1. The van der Waals surface area contributed by atoms with Crippen LogP contribution in [0.15, 0.2) is 6.20 Å². The van der Waals surface area contributed by atoms with Crippen LogP contribution >= 0.6 is 11.3 Å². The summed E-state index contributed by atoms with van der Waals surface area (Å²) in [6.45, 7) is 11.0. The molecule has 7 heteroatoms. The number of carbonyl (C=O) groups is 1. The molecule has 0 bridgehead atoms. The fourth-order valence-corrected chi connectivity index (χ4v) is 4.00. The van der Waals surface area contributed by atoms with Crippen LogP contribution in [0.1, 0.15) is 25.6 Å². The Bertz CT molecular complexity index is 530. The van der Waals surface area contributed by atoms with Gasteiger partial charge in [-0.3, -0.25) is 9.69 Å². The molecule has 1 amide bonds. The first-order valence-corrected chi connectivity index (χ1v) is 8.99. The van der Waals surface area contributed by atoms with Crippen LogP contribution < -0.4 is 4.90 Å². The minimum Gasteiger partial charge on any atom is -0.363 e. The average molecular weight is 340 g/mol. The molecule has 0 spiro atoms. The van der Waals surface area contributed by atoms with Crippen molar-refractivity contribution >= 4 is 22.4 Å². The van der Waals surface area contributed by atoms with Crippen molar-refractivity contribution in [3.8, 4) is 0 Å². The fraction of sp³-hybridized carbons (Fsp3) is 0.750. The Kier molecular flexibility index (Phi) is 6.00. The molecule has 0 N–H and O–H groups in total. The zero-order valence-electron chi connectivity index (χ0n) is 14.8. The summed E-state index contributed by atoms with van der Waals surface area (Å²) in [6.07, 6.45) is 1.96. The van der Waals surface area contributed by atoms with Gasteiger partial charge in [-0.05, 0) is 20.8 Å². The number of nitrogens with zero attached hydrogens (tertiary/aromatic N) is 4. The van der Waals surface area contributed by atoms with Gasteiger partial charge < -0.3 is 14.5 Å². The van der Waals surface area contributed by atoms with Crippen molar-refractivity contribution in [1.29, 1.82) is 0 Å². The molecule has 6 nitrogen and oxygen atoms in total. The zero-order valence-corrected chi connectivity index (χ0v) is 15.7. The van der Waals surface area contributed by atoms with Gasteiger partial charge in [0.25, 0.3) is 5.91 Å². The van der Waals surface area contributed by atoms with Gasteiger partial charge in [0.2, 0.25) is 0 Å². The normalized spacial score (nSPS) is 22.1. The number of hydrogen-bond acceptors (Lipinski definition) is 6. The third kappa shape index (κ3) is 4.22. The van der Waals surface area contributed by atoms with Crippen LogP contribution in [0.2, 0.25) is 0 Å². The second-order valence-corrected chi connectivity index (χ2v) is 7.36. The van der Waals surface area contributed by atoms with Gasteiger partial charge in [0.1, 0.15) is 0 Å². The lowest BCUT2D eigenvalue weighted by molar-refractivity contribution is -0.165. The summed E-state index contributed by atoms with van der Waals surface area (Å²) in [6, 6.07) is 0. The van der Waals surface area contributed by atoms with Crippen molar-refractivity contribution in [2.75, 3.05) is 51.8 Å². The summed E-state index contributed by atoms with van der Waals surface area (Å²) in [4.78, 5) is 24.3. The van der Waals surface area contributed by atoms with Gasteiger partial charge in [-0.1, -0.05) is 0 Å². The first-order chi connectivity index (χ1) is 10.9. The largest absolute Gasteiger partial charge is 0.363 e. The SMILES string of the molecule is CCN(CC)c1ncc(CN2CCOC(C)(C(=O)N(C)C)C2)s1. The van der Waals surface area contributed by atoms with Crippen molar-refractivity contribution in [3.63, 3.8) is 0 Å². The second-order valence-electron chi connectivity index (χ2n) is 6.27. The Hall–Kier alpha value is -1.18. The molecule has 1 aliphatic rings. The van der Waals surface area contributed by atoms with Gasteiger partial charge in [0.05, 0.1) is 6.61 Å². The highest BCUT2D eigenvalue weighted by molar-refractivity contribution is 7.15. The Morgan fingerprint density at radius 1 is 1.43 bits per heavy atom. The maximum absolute atomic E-state index is 12.3. The third-order valence-corrected chi connectivity index (χ3v) is 5.21. The number of ether oxygens (including phenoxy) is 1. The molecule has 130 valence electrons. The molecule has 0 aromatic carbocycles. The Morgan fingerprint density at radius 3 is 2.74 bits per heavy atom. The van der Waals surface area contributed by atoms with E-state index >= 15 is 0 Å². The van der Waals surface area contributed by atoms with Crippen LogP contribution in [-0.2, 0) is 16.1 Å². The lowest BCUT2D eigenvalue weighted by Gasteiger charge is -2.40. The fourth-order valence-electron chi connectivity index (χ4n) is 2.92. The molecule has 2 heterocycles. The van der Waals surface area contributed by atoms with Crippen molar-refractivity contribution < 1.29 is 9.53 Å². The molecule has 2 rings (SSSR count). The highest BCUT2D eigenvalue weighted by Crippen LogP contribution is 2.26. The molecule has 1 aliphatic heterocycles. The van der Waals surface area contributed by atoms with E-state index in [-0.39, 0.29) is 5.91 Å². The molecule has 0 aliphatic carbocycles. The van der Waals surface area contributed by atoms with E-state index in [0.29, 0.717) is 13.2 Å². The van der Waals surface area contributed by atoms with Crippen molar-refractivity contribution in [2.24, 2.45) is 0 Å². The summed E-state index contributed by atoms with van der Waals surface area (Å²) in [5, 5.41) is 1.07. The molecule has 1 atom stereocenters. The van der Waals surface area contributed by atoms with Crippen LogP contribution in [-0.4, -0.2) is 73.2 Å². The van der Waals surface area contributed by atoms with E-state index < -0.39 is 5.60 Å². The first-order valence-electron chi connectivity index (χ1n) is 8.17. The Balaban J connectivity index is 2.02. The van der Waals surface area contributed by atoms with Crippen LogP contribution in [0.4, 0.5) is 5.13 Å². The van der Waals surface area contributed by atoms with E-state index in [9.17, 15) is 4.79 Å². The summed E-state index contributed by atoms with van der Waals surface area (Å²) in [5.74, 6) is 0.0235. The van der Waals surface area contributed by atoms with E-state index in [1.807, 2.05) is 13.1 Å². The summed E-state index contributed by atoms with van der Waals surface area (Å²) >= 11 is 1.74. The highest BCUT2D eigenvalue weighted by atomic mass is 32.1. The maximum atomic E-state index is 12.3. The van der Waals surface area contributed by atoms with Crippen molar-refractivity contribution in [3.05, 3.63) is 11.1 Å². The smallest absolute Gasteiger partial charge is 0.255 e. The predicted octanol–water partition coefficient (Wildman–Crippen LogP) is 1.67. The van der Waals surface area contributed by atoms with Crippen LogP contribution in [0, 0.1) is 0 Å². The van der Waals surface area contributed by atoms with Crippen molar-refractivity contribution in [2.45, 2.75) is 32.9 Å². The van der Waals surface area contributed by atoms with Crippen LogP contribution in [0.25, 0.3) is 0 Å². The molecular weight excluding hydrogens is 312 g/mol. The summed E-state index contributed by atoms with van der Waals surface area (Å²) in [7, 11) is 3.55. The molecule has 1 unspecified atom stereocenters. The molecule has 1 fully saturated rings. The van der Waals surface area contributed by atoms with Gasteiger partial charge in [0, 0.05) is 57.9 Å². The number of hydrogen-bond donors (Lipinski definition) is 0. The molecule has 1 aromatic heterocycles. The number of anilines is 1. The van der Waals surface area contributed by atoms with Gasteiger partial charge in [-0.25, -0.2) is 4.98 Å². The number of likely N-dealkylation sites (N-methyl/N-ethyl adjacent to an activating group) is 1. The monoisotopic (exact) mass is 340 g/mol. The maximum Gasteiger partial charge on any atom is 0.255 e. The first kappa shape index (κ1) is 18.2. The van der Waals surface area contributed by atoms with Gasteiger partial charge >= 0.3 is 0 Å². The molecule has 1 aromatic rings.